The van der Waals surface area contributed by atoms with E-state index in [0.717, 1.165) is 22.7 Å². The summed E-state index contributed by atoms with van der Waals surface area (Å²) in [5.74, 6) is 0.0277. The molecule has 0 saturated carbocycles. The van der Waals surface area contributed by atoms with Crippen molar-refractivity contribution in [2.24, 2.45) is 0 Å². The summed E-state index contributed by atoms with van der Waals surface area (Å²) in [6.45, 7) is 0. The van der Waals surface area contributed by atoms with E-state index in [0.29, 0.717) is 6.42 Å². The Morgan fingerprint density at radius 3 is 2.82 bits per heavy atom. The van der Waals surface area contributed by atoms with Crippen LogP contribution in [0.15, 0.2) is 60.4 Å². The van der Waals surface area contributed by atoms with Gasteiger partial charge in [-0.15, -0.1) is 11.3 Å². The quantitative estimate of drug-likeness (QED) is 0.780. The molecular weight excluding hydrogens is 294 g/mol. The zero-order valence-electron chi connectivity index (χ0n) is 11.9. The number of nitrogens with zero attached hydrogens (tertiary/aromatic N) is 2. The molecule has 0 radical (unpaired) electrons. The third-order valence-corrected chi connectivity index (χ3v) is 4.07. The highest BCUT2D eigenvalue weighted by Crippen LogP contribution is 2.27. The van der Waals surface area contributed by atoms with Crippen LogP contribution in [-0.4, -0.2) is 15.9 Å². The standard InChI is InChI=1S/C17H15N3OS/c21-16(7-6-13-4-2-1-3-5-13)20-17-10-14(11-22-17)15-8-9-18-12-19-15/h1-5,8-12H,6-7H2,(H,20,21). The summed E-state index contributed by atoms with van der Waals surface area (Å²) in [7, 11) is 0. The molecule has 3 aromatic rings. The van der Waals surface area contributed by atoms with E-state index in [1.165, 1.54) is 23.2 Å². The molecule has 0 fully saturated rings. The number of thiophene rings is 1. The van der Waals surface area contributed by atoms with E-state index >= 15 is 0 Å². The van der Waals surface area contributed by atoms with Gasteiger partial charge in [-0.25, -0.2) is 9.97 Å². The molecule has 0 aliphatic heterocycles. The van der Waals surface area contributed by atoms with Crippen LogP contribution in [0.3, 0.4) is 0 Å². The molecule has 110 valence electrons. The van der Waals surface area contributed by atoms with Crippen molar-refractivity contribution in [1.29, 1.82) is 0 Å². The van der Waals surface area contributed by atoms with Crippen molar-refractivity contribution in [2.75, 3.05) is 5.32 Å². The minimum Gasteiger partial charge on any atom is -0.318 e. The van der Waals surface area contributed by atoms with E-state index in [2.05, 4.69) is 15.3 Å². The van der Waals surface area contributed by atoms with Gasteiger partial charge >= 0.3 is 0 Å². The zero-order valence-corrected chi connectivity index (χ0v) is 12.7. The second-order valence-corrected chi connectivity index (χ2v) is 5.74. The molecule has 0 spiro atoms. The average Bonchev–Trinajstić information content (AvgIpc) is 3.03. The first-order valence-corrected chi connectivity index (χ1v) is 7.88. The highest BCUT2D eigenvalue weighted by molar-refractivity contribution is 7.14. The van der Waals surface area contributed by atoms with Crippen LogP contribution in [0.1, 0.15) is 12.0 Å². The number of nitrogens with one attached hydrogen (secondary N) is 1. The van der Waals surface area contributed by atoms with Crippen molar-refractivity contribution in [2.45, 2.75) is 12.8 Å². The molecule has 1 N–H and O–H groups in total. The van der Waals surface area contributed by atoms with Gasteiger partial charge in [0.25, 0.3) is 0 Å². The van der Waals surface area contributed by atoms with Crippen molar-refractivity contribution in [3.63, 3.8) is 0 Å². The molecule has 4 nitrogen and oxygen atoms in total. The highest BCUT2D eigenvalue weighted by atomic mass is 32.1. The fraction of sp³-hybridized carbons (Fsp3) is 0.118. The van der Waals surface area contributed by atoms with Gasteiger partial charge in [-0.1, -0.05) is 30.3 Å². The van der Waals surface area contributed by atoms with Gasteiger partial charge in [-0.3, -0.25) is 4.79 Å². The Balaban J connectivity index is 1.57. The highest BCUT2D eigenvalue weighted by Gasteiger charge is 2.07. The Bertz CT molecular complexity index is 741. The fourth-order valence-electron chi connectivity index (χ4n) is 2.10. The summed E-state index contributed by atoms with van der Waals surface area (Å²) in [6, 6.07) is 13.8. The Hall–Kier alpha value is -2.53. The molecule has 5 heteroatoms. The van der Waals surface area contributed by atoms with Gasteiger partial charge in [0.15, 0.2) is 0 Å². The van der Waals surface area contributed by atoms with Crippen molar-refractivity contribution in [3.8, 4) is 11.3 Å². The number of benzene rings is 1. The number of hydrogen-bond acceptors (Lipinski definition) is 4. The number of carbonyl (C=O) groups is 1. The summed E-state index contributed by atoms with van der Waals surface area (Å²) in [5, 5.41) is 5.76. The first-order chi connectivity index (χ1) is 10.8. The third kappa shape index (κ3) is 3.77. The van der Waals surface area contributed by atoms with E-state index in [4.69, 9.17) is 0 Å². The lowest BCUT2D eigenvalue weighted by Gasteiger charge is -2.02. The molecule has 0 aliphatic carbocycles. The maximum absolute atomic E-state index is 12.0. The number of rotatable bonds is 5. The normalized spacial score (nSPS) is 10.4. The monoisotopic (exact) mass is 309 g/mol. The maximum Gasteiger partial charge on any atom is 0.225 e. The van der Waals surface area contributed by atoms with Gasteiger partial charge in [0.1, 0.15) is 6.33 Å². The molecule has 0 unspecified atom stereocenters. The molecule has 0 atom stereocenters. The van der Waals surface area contributed by atoms with Gasteiger partial charge in [-0.2, -0.15) is 0 Å². The van der Waals surface area contributed by atoms with Crippen LogP contribution >= 0.6 is 11.3 Å². The summed E-state index contributed by atoms with van der Waals surface area (Å²) < 4.78 is 0. The minimum atomic E-state index is 0.0277. The first-order valence-electron chi connectivity index (χ1n) is 7.00. The van der Waals surface area contributed by atoms with Gasteiger partial charge in [0.05, 0.1) is 10.7 Å². The molecule has 22 heavy (non-hydrogen) atoms. The largest absolute Gasteiger partial charge is 0.318 e. The second kappa shape index (κ2) is 6.95. The number of carbonyl (C=O) groups excluding carboxylic acids is 1. The van der Waals surface area contributed by atoms with Crippen LogP contribution in [0.25, 0.3) is 11.3 Å². The molecule has 2 heterocycles. The van der Waals surface area contributed by atoms with Crippen molar-refractivity contribution >= 4 is 22.2 Å². The minimum absolute atomic E-state index is 0.0277. The Morgan fingerprint density at radius 1 is 1.18 bits per heavy atom. The number of aryl methyl sites for hydroxylation is 1. The van der Waals surface area contributed by atoms with Gasteiger partial charge < -0.3 is 5.32 Å². The molecule has 0 bridgehead atoms. The molecular formula is C17H15N3OS. The van der Waals surface area contributed by atoms with Gasteiger partial charge in [0, 0.05) is 23.6 Å². The third-order valence-electron chi connectivity index (χ3n) is 3.22. The molecule has 1 amide bonds. The topological polar surface area (TPSA) is 54.9 Å². The molecule has 0 saturated heterocycles. The zero-order chi connectivity index (χ0) is 15.2. The maximum atomic E-state index is 12.0. The molecule has 1 aromatic carbocycles. The SMILES string of the molecule is O=C(CCc1ccccc1)Nc1cc(-c2ccncn2)cs1. The summed E-state index contributed by atoms with van der Waals surface area (Å²) in [6.07, 6.45) is 4.45. The van der Waals surface area contributed by atoms with E-state index < -0.39 is 0 Å². The second-order valence-electron chi connectivity index (χ2n) is 4.83. The van der Waals surface area contributed by atoms with Crippen molar-refractivity contribution in [1.82, 2.24) is 9.97 Å². The molecule has 0 aliphatic rings. The van der Waals surface area contributed by atoms with E-state index in [9.17, 15) is 4.79 Å². The predicted octanol–water partition coefficient (Wildman–Crippen LogP) is 3.78. The number of amides is 1. The molecule has 2 aromatic heterocycles. The summed E-state index contributed by atoms with van der Waals surface area (Å²) >= 11 is 1.50. The summed E-state index contributed by atoms with van der Waals surface area (Å²) in [5.41, 5.74) is 3.02. The smallest absolute Gasteiger partial charge is 0.225 e. The number of aromatic nitrogens is 2. The lowest BCUT2D eigenvalue weighted by atomic mass is 10.1. The average molecular weight is 309 g/mol. The van der Waals surface area contributed by atoms with Gasteiger partial charge in [0.2, 0.25) is 5.91 Å². The van der Waals surface area contributed by atoms with E-state index in [-0.39, 0.29) is 5.91 Å². The van der Waals surface area contributed by atoms with Crippen LogP contribution in [0, 0.1) is 0 Å². The van der Waals surface area contributed by atoms with Crippen LogP contribution in [0.4, 0.5) is 5.00 Å². The number of anilines is 1. The number of hydrogen-bond donors (Lipinski definition) is 1. The predicted molar refractivity (Wildman–Crippen MR) is 88.7 cm³/mol. The van der Waals surface area contributed by atoms with Crippen molar-refractivity contribution in [3.05, 3.63) is 65.9 Å². The Kier molecular flexibility index (Phi) is 4.56. The summed E-state index contributed by atoms with van der Waals surface area (Å²) in [4.78, 5) is 20.1. The molecule has 3 rings (SSSR count). The van der Waals surface area contributed by atoms with Crippen molar-refractivity contribution < 1.29 is 4.79 Å². The van der Waals surface area contributed by atoms with Crippen LogP contribution < -0.4 is 5.32 Å². The Labute approximate surface area is 132 Å². The van der Waals surface area contributed by atoms with Crippen LogP contribution in [0.5, 0.6) is 0 Å². The lowest BCUT2D eigenvalue weighted by molar-refractivity contribution is -0.116. The van der Waals surface area contributed by atoms with E-state index in [1.54, 1.807) is 6.20 Å². The van der Waals surface area contributed by atoms with Crippen LogP contribution in [0.2, 0.25) is 0 Å². The first kappa shape index (κ1) is 14.4. The fourth-order valence-corrected chi connectivity index (χ4v) is 2.91. The Morgan fingerprint density at radius 2 is 2.05 bits per heavy atom. The lowest BCUT2D eigenvalue weighted by Crippen LogP contribution is -2.11. The van der Waals surface area contributed by atoms with Crippen LogP contribution in [-0.2, 0) is 11.2 Å². The van der Waals surface area contributed by atoms with E-state index in [1.807, 2.05) is 47.8 Å². The van der Waals surface area contributed by atoms with Gasteiger partial charge in [-0.05, 0) is 24.1 Å².